The van der Waals surface area contributed by atoms with Crippen molar-refractivity contribution in [1.29, 1.82) is 0 Å². The fraction of sp³-hybridized carbons (Fsp3) is 0.643. The van der Waals surface area contributed by atoms with Gasteiger partial charge in [0, 0.05) is 18.5 Å². The molecule has 17 heavy (non-hydrogen) atoms. The number of aromatic nitrogens is 1. The Hall–Kier alpha value is -0.930. The Labute approximate surface area is 103 Å². The van der Waals surface area contributed by atoms with E-state index in [1.54, 1.807) is 6.20 Å². The van der Waals surface area contributed by atoms with E-state index < -0.39 is 6.10 Å². The first kappa shape index (κ1) is 12.5. The molecular formula is C14H21NO2. The van der Waals surface area contributed by atoms with Crippen molar-refractivity contribution in [1.82, 2.24) is 4.98 Å². The molecule has 1 aromatic heterocycles. The fourth-order valence-electron chi connectivity index (χ4n) is 2.22. The van der Waals surface area contributed by atoms with Gasteiger partial charge in [0.2, 0.25) is 0 Å². The third-order valence-electron chi connectivity index (χ3n) is 3.36. The van der Waals surface area contributed by atoms with Gasteiger partial charge in [0.05, 0.1) is 12.2 Å². The fourth-order valence-corrected chi connectivity index (χ4v) is 2.22. The molecule has 2 rings (SSSR count). The Bertz CT molecular complexity index is 331. The smallest absolute Gasteiger partial charge is 0.0805 e. The monoisotopic (exact) mass is 235 g/mol. The van der Waals surface area contributed by atoms with Crippen LogP contribution in [0.5, 0.6) is 0 Å². The maximum absolute atomic E-state index is 10.0. The summed E-state index contributed by atoms with van der Waals surface area (Å²) in [7, 11) is 0. The molecule has 1 aliphatic rings. The number of nitrogens with zero attached hydrogens (tertiary/aromatic N) is 1. The standard InChI is InChI=1S/C14H21NO2/c1-11-5-6-12(10-15-11)14(16)8-7-13-4-2-3-9-17-13/h5-6,10,13-14,16H,2-4,7-9H2,1H3. The summed E-state index contributed by atoms with van der Waals surface area (Å²) in [5.41, 5.74) is 1.89. The summed E-state index contributed by atoms with van der Waals surface area (Å²) < 4.78 is 5.66. The first-order valence-electron chi connectivity index (χ1n) is 6.48. The Morgan fingerprint density at radius 2 is 2.35 bits per heavy atom. The van der Waals surface area contributed by atoms with E-state index in [-0.39, 0.29) is 0 Å². The van der Waals surface area contributed by atoms with E-state index in [1.165, 1.54) is 12.8 Å². The molecule has 1 aromatic rings. The van der Waals surface area contributed by atoms with Crippen molar-refractivity contribution >= 4 is 0 Å². The second-order valence-corrected chi connectivity index (χ2v) is 4.81. The molecule has 0 radical (unpaired) electrons. The molecule has 0 saturated carbocycles. The lowest BCUT2D eigenvalue weighted by Crippen LogP contribution is -2.19. The quantitative estimate of drug-likeness (QED) is 0.872. The van der Waals surface area contributed by atoms with Gasteiger partial charge in [0.25, 0.3) is 0 Å². The SMILES string of the molecule is Cc1ccc(C(O)CCC2CCCCO2)cn1. The van der Waals surface area contributed by atoms with Crippen LogP contribution >= 0.6 is 0 Å². The molecule has 0 amide bonds. The topological polar surface area (TPSA) is 42.4 Å². The van der Waals surface area contributed by atoms with Gasteiger partial charge in [0.1, 0.15) is 0 Å². The van der Waals surface area contributed by atoms with Gasteiger partial charge in [0.15, 0.2) is 0 Å². The van der Waals surface area contributed by atoms with Crippen molar-refractivity contribution in [2.24, 2.45) is 0 Å². The van der Waals surface area contributed by atoms with Gasteiger partial charge in [-0.2, -0.15) is 0 Å². The number of aliphatic hydroxyl groups is 1. The molecule has 0 aliphatic carbocycles. The lowest BCUT2D eigenvalue weighted by Gasteiger charge is -2.23. The van der Waals surface area contributed by atoms with E-state index in [4.69, 9.17) is 4.74 Å². The van der Waals surface area contributed by atoms with Crippen LogP contribution in [0.25, 0.3) is 0 Å². The summed E-state index contributed by atoms with van der Waals surface area (Å²) >= 11 is 0. The van der Waals surface area contributed by atoms with Gasteiger partial charge >= 0.3 is 0 Å². The molecule has 2 heterocycles. The summed E-state index contributed by atoms with van der Waals surface area (Å²) in [6.45, 7) is 2.83. The zero-order valence-electron chi connectivity index (χ0n) is 10.4. The minimum Gasteiger partial charge on any atom is -0.388 e. The maximum Gasteiger partial charge on any atom is 0.0805 e. The largest absolute Gasteiger partial charge is 0.388 e. The molecular weight excluding hydrogens is 214 g/mol. The number of aryl methyl sites for hydroxylation is 1. The van der Waals surface area contributed by atoms with E-state index in [0.717, 1.165) is 37.1 Å². The highest BCUT2D eigenvalue weighted by molar-refractivity contribution is 5.15. The molecule has 1 N–H and O–H groups in total. The van der Waals surface area contributed by atoms with Gasteiger partial charge in [-0.25, -0.2) is 0 Å². The van der Waals surface area contributed by atoms with Crippen molar-refractivity contribution in [2.45, 2.75) is 51.2 Å². The molecule has 3 nitrogen and oxygen atoms in total. The van der Waals surface area contributed by atoms with Gasteiger partial charge < -0.3 is 9.84 Å². The minimum absolute atomic E-state index is 0.344. The number of rotatable bonds is 4. The number of pyridine rings is 1. The molecule has 2 atom stereocenters. The lowest BCUT2D eigenvalue weighted by atomic mass is 10.00. The Morgan fingerprint density at radius 3 is 3.00 bits per heavy atom. The average Bonchev–Trinajstić information content (AvgIpc) is 2.38. The molecule has 0 bridgehead atoms. The van der Waals surface area contributed by atoms with E-state index in [0.29, 0.717) is 6.10 Å². The van der Waals surface area contributed by atoms with Crippen LogP contribution in [0, 0.1) is 6.92 Å². The third kappa shape index (κ3) is 3.79. The summed E-state index contributed by atoms with van der Waals surface area (Å²) in [5.74, 6) is 0. The highest BCUT2D eigenvalue weighted by Crippen LogP contribution is 2.23. The van der Waals surface area contributed by atoms with Crippen molar-refractivity contribution in [3.63, 3.8) is 0 Å². The third-order valence-corrected chi connectivity index (χ3v) is 3.36. The van der Waals surface area contributed by atoms with Gasteiger partial charge in [-0.3, -0.25) is 4.98 Å². The van der Waals surface area contributed by atoms with E-state index in [9.17, 15) is 5.11 Å². The first-order valence-corrected chi connectivity index (χ1v) is 6.48. The molecule has 1 aliphatic heterocycles. The normalized spacial score (nSPS) is 22.4. The van der Waals surface area contributed by atoms with E-state index >= 15 is 0 Å². The van der Waals surface area contributed by atoms with Crippen LogP contribution in [0.2, 0.25) is 0 Å². The summed E-state index contributed by atoms with van der Waals surface area (Å²) in [6, 6.07) is 3.89. The molecule has 1 saturated heterocycles. The minimum atomic E-state index is -0.409. The van der Waals surface area contributed by atoms with Crippen LogP contribution in [0.4, 0.5) is 0 Å². The van der Waals surface area contributed by atoms with Crippen LogP contribution < -0.4 is 0 Å². The molecule has 1 fully saturated rings. The first-order chi connectivity index (χ1) is 8.25. The second kappa shape index (κ2) is 6.12. The van der Waals surface area contributed by atoms with Crippen LogP contribution in [-0.4, -0.2) is 22.8 Å². The number of hydrogen-bond acceptors (Lipinski definition) is 3. The predicted octanol–water partition coefficient (Wildman–Crippen LogP) is 2.77. The van der Waals surface area contributed by atoms with Crippen LogP contribution in [0.3, 0.4) is 0 Å². The number of ether oxygens (including phenoxy) is 1. The van der Waals surface area contributed by atoms with Crippen LogP contribution in [0.1, 0.15) is 49.5 Å². The molecule has 2 unspecified atom stereocenters. The van der Waals surface area contributed by atoms with Crippen molar-refractivity contribution in [2.75, 3.05) is 6.61 Å². The van der Waals surface area contributed by atoms with Crippen molar-refractivity contribution in [3.8, 4) is 0 Å². The van der Waals surface area contributed by atoms with Gasteiger partial charge in [-0.15, -0.1) is 0 Å². The molecule has 3 heteroatoms. The number of hydrogen-bond donors (Lipinski definition) is 1. The Kier molecular flexibility index (Phi) is 4.51. The Morgan fingerprint density at radius 1 is 1.47 bits per heavy atom. The van der Waals surface area contributed by atoms with E-state index in [2.05, 4.69) is 4.98 Å². The van der Waals surface area contributed by atoms with Crippen molar-refractivity contribution in [3.05, 3.63) is 29.6 Å². The highest BCUT2D eigenvalue weighted by Gasteiger charge is 2.16. The molecule has 0 spiro atoms. The molecule has 94 valence electrons. The zero-order chi connectivity index (χ0) is 12.1. The zero-order valence-corrected chi connectivity index (χ0v) is 10.4. The lowest BCUT2D eigenvalue weighted by molar-refractivity contribution is 0.00211. The summed E-state index contributed by atoms with van der Waals surface area (Å²) in [5, 5.41) is 10.0. The van der Waals surface area contributed by atoms with E-state index in [1.807, 2.05) is 19.1 Å². The van der Waals surface area contributed by atoms with Gasteiger partial charge in [-0.1, -0.05) is 6.07 Å². The second-order valence-electron chi connectivity index (χ2n) is 4.81. The van der Waals surface area contributed by atoms with Crippen molar-refractivity contribution < 1.29 is 9.84 Å². The Balaban J connectivity index is 1.80. The number of aliphatic hydroxyl groups excluding tert-OH is 1. The average molecular weight is 235 g/mol. The maximum atomic E-state index is 10.0. The molecule has 0 aromatic carbocycles. The van der Waals surface area contributed by atoms with Gasteiger partial charge in [-0.05, 0) is 50.7 Å². The van der Waals surface area contributed by atoms with Crippen LogP contribution in [0.15, 0.2) is 18.3 Å². The predicted molar refractivity (Wildman–Crippen MR) is 66.8 cm³/mol. The van der Waals surface area contributed by atoms with Crippen LogP contribution in [-0.2, 0) is 4.74 Å². The summed E-state index contributed by atoms with van der Waals surface area (Å²) in [6.07, 6.45) is 6.98. The highest BCUT2D eigenvalue weighted by atomic mass is 16.5. The summed E-state index contributed by atoms with van der Waals surface area (Å²) in [4.78, 5) is 4.20.